The van der Waals surface area contributed by atoms with Gasteiger partial charge in [-0.2, -0.15) is 0 Å². The number of hydrogen-bond acceptors (Lipinski definition) is 2. The lowest BCUT2D eigenvalue weighted by Crippen LogP contribution is -3.13. The molecule has 0 radical (unpaired) electrons. The van der Waals surface area contributed by atoms with Crippen LogP contribution < -0.4 is 4.90 Å². The number of carbonyl (C=O) groups is 1. The average molecular weight is 550 g/mol. The molecule has 0 saturated carbocycles. The second kappa shape index (κ2) is 7.14. The zero-order chi connectivity index (χ0) is 11.3. The van der Waals surface area contributed by atoms with Crippen LogP contribution in [0.15, 0.2) is 0 Å². The molecule has 0 aliphatic carbocycles. The Morgan fingerprint density at radius 2 is 1.80 bits per heavy atom. The van der Waals surface area contributed by atoms with Crippen molar-refractivity contribution in [3.63, 3.8) is 0 Å². The van der Waals surface area contributed by atoms with E-state index in [-0.39, 0.29) is 5.97 Å². The fourth-order valence-corrected chi connectivity index (χ4v) is 2.14. The van der Waals surface area contributed by atoms with Gasteiger partial charge in [0.15, 0.2) is 0 Å². The molecule has 1 aliphatic rings. The van der Waals surface area contributed by atoms with Crippen molar-refractivity contribution in [2.75, 3.05) is 26.2 Å². The van der Waals surface area contributed by atoms with Crippen molar-refractivity contribution in [3.8, 4) is 0 Å². The van der Waals surface area contributed by atoms with Crippen molar-refractivity contribution < 1.29 is 14.4 Å². The summed E-state index contributed by atoms with van der Waals surface area (Å²) in [6.07, 6.45) is 4.00. The smallest absolute Gasteiger partial charge is 0.342 e. The number of alkyl halides is 3. The van der Waals surface area contributed by atoms with E-state index < -0.39 is -0.565 Å². The van der Waals surface area contributed by atoms with E-state index in [9.17, 15) is 4.79 Å². The van der Waals surface area contributed by atoms with Gasteiger partial charge in [0.25, 0.3) is 0 Å². The van der Waals surface area contributed by atoms with Gasteiger partial charge < -0.3 is 9.64 Å². The first-order valence-corrected chi connectivity index (χ1v) is 8.31. The SMILES string of the molecule is O=C(OCC[NH+]1CCCCC1)C(I)(I)I. The number of esters is 1. The van der Waals surface area contributed by atoms with Crippen LogP contribution in [0.4, 0.5) is 0 Å². The molecule has 0 unspecified atom stereocenters. The molecule has 88 valence electrons. The van der Waals surface area contributed by atoms with Crippen LogP contribution in [0.5, 0.6) is 0 Å². The minimum absolute atomic E-state index is 0.124. The van der Waals surface area contributed by atoms with Crippen molar-refractivity contribution in [2.24, 2.45) is 0 Å². The van der Waals surface area contributed by atoms with Crippen molar-refractivity contribution in [1.82, 2.24) is 0 Å². The fourth-order valence-electron chi connectivity index (χ4n) is 1.67. The van der Waals surface area contributed by atoms with Gasteiger partial charge in [-0.15, -0.1) is 0 Å². The summed E-state index contributed by atoms with van der Waals surface area (Å²) >= 11 is 6.27. The minimum atomic E-state index is -0.454. The highest BCUT2D eigenvalue weighted by Crippen LogP contribution is 2.36. The van der Waals surface area contributed by atoms with Crippen LogP contribution in [-0.4, -0.2) is 31.6 Å². The predicted octanol–water partition coefficient (Wildman–Crippen LogP) is 1.56. The van der Waals surface area contributed by atoms with Crippen molar-refractivity contribution in [2.45, 2.75) is 18.7 Å². The zero-order valence-corrected chi connectivity index (χ0v) is 14.9. The molecule has 0 aromatic carbocycles. The number of ether oxygens (including phenoxy) is 1. The van der Waals surface area contributed by atoms with Gasteiger partial charge in [-0.05, 0) is 87.0 Å². The summed E-state index contributed by atoms with van der Waals surface area (Å²) in [5.41, 5.74) is 0. The molecule has 0 aromatic heterocycles. The normalized spacial score (nSPS) is 18.9. The third kappa shape index (κ3) is 6.20. The Morgan fingerprint density at radius 3 is 2.33 bits per heavy atom. The standard InChI is InChI=1S/C9H14I3NO2/c10-9(11,12)8(14)15-7-6-13-4-2-1-3-5-13/h1-7H2/p+1. The predicted molar refractivity (Wildman–Crippen MR) is 85.2 cm³/mol. The number of piperidine rings is 1. The van der Waals surface area contributed by atoms with Crippen LogP contribution in [0.2, 0.25) is 0 Å². The van der Waals surface area contributed by atoms with Gasteiger partial charge in [-0.1, -0.05) is 0 Å². The first-order chi connectivity index (χ1) is 7.00. The molecule has 1 N–H and O–H groups in total. The highest BCUT2D eigenvalue weighted by Gasteiger charge is 2.30. The highest BCUT2D eigenvalue weighted by atomic mass is 127. The lowest BCUT2D eigenvalue weighted by atomic mass is 10.1. The van der Waals surface area contributed by atoms with E-state index in [1.54, 1.807) is 4.90 Å². The van der Waals surface area contributed by atoms with Crippen molar-refractivity contribution in [3.05, 3.63) is 0 Å². The molecule has 0 amide bonds. The number of likely N-dealkylation sites (tertiary alicyclic amines) is 1. The summed E-state index contributed by atoms with van der Waals surface area (Å²) < 4.78 is 4.77. The molecule has 3 nitrogen and oxygen atoms in total. The lowest BCUT2D eigenvalue weighted by molar-refractivity contribution is -0.905. The summed E-state index contributed by atoms with van der Waals surface area (Å²) in [6, 6.07) is 0. The van der Waals surface area contributed by atoms with E-state index in [1.165, 1.54) is 32.4 Å². The van der Waals surface area contributed by atoms with Gasteiger partial charge in [-0.25, -0.2) is 4.79 Å². The molecule has 1 saturated heterocycles. The second-order valence-electron chi connectivity index (χ2n) is 3.69. The first kappa shape index (κ1) is 14.7. The summed E-state index contributed by atoms with van der Waals surface area (Å²) in [5.74, 6) is -0.124. The largest absolute Gasteiger partial charge is 0.458 e. The number of rotatable bonds is 4. The van der Waals surface area contributed by atoms with Crippen LogP contribution in [0.3, 0.4) is 0 Å². The molecule has 1 fully saturated rings. The number of nitrogens with one attached hydrogen (secondary N) is 1. The molecule has 6 heteroatoms. The summed E-state index contributed by atoms with van der Waals surface area (Å²) in [6.45, 7) is 4.00. The molecule has 0 bridgehead atoms. The van der Waals surface area contributed by atoms with Gasteiger partial charge in [0.1, 0.15) is 13.2 Å². The van der Waals surface area contributed by atoms with Crippen LogP contribution in [-0.2, 0) is 9.53 Å². The Balaban J connectivity index is 2.12. The van der Waals surface area contributed by atoms with E-state index in [0.717, 1.165) is 6.54 Å². The van der Waals surface area contributed by atoms with Crippen molar-refractivity contribution in [1.29, 1.82) is 0 Å². The Morgan fingerprint density at radius 1 is 1.20 bits per heavy atom. The number of hydrogen-bond donors (Lipinski definition) is 1. The van der Waals surface area contributed by atoms with Crippen LogP contribution in [0, 0.1) is 0 Å². The topological polar surface area (TPSA) is 30.7 Å². The fraction of sp³-hybridized carbons (Fsp3) is 0.889. The number of quaternary nitrogens is 1. The maximum atomic E-state index is 11.5. The maximum absolute atomic E-state index is 11.5. The second-order valence-corrected chi connectivity index (χ2v) is 14.7. The van der Waals surface area contributed by atoms with Gasteiger partial charge >= 0.3 is 5.97 Å². The van der Waals surface area contributed by atoms with E-state index in [0.29, 0.717) is 6.61 Å². The first-order valence-electron chi connectivity index (χ1n) is 5.07. The Kier molecular flexibility index (Phi) is 6.99. The maximum Gasteiger partial charge on any atom is 0.342 e. The molecule has 0 aromatic rings. The third-order valence-electron chi connectivity index (χ3n) is 2.48. The zero-order valence-electron chi connectivity index (χ0n) is 8.40. The quantitative estimate of drug-likeness (QED) is 0.328. The Hall–Kier alpha value is 1.62. The molecular formula is C9H15I3NO2+. The average Bonchev–Trinajstić information content (AvgIpc) is 2.18. The molecular weight excluding hydrogens is 535 g/mol. The molecule has 1 rings (SSSR count). The van der Waals surface area contributed by atoms with Crippen LogP contribution in [0.1, 0.15) is 19.3 Å². The number of carbonyl (C=O) groups excluding carboxylic acids is 1. The third-order valence-corrected chi connectivity index (χ3v) is 3.80. The minimum Gasteiger partial charge on any atom is -0.458 e. The molecule has 0 spiro atoms. The molecule has 1 heterocycles. The van der Waals surface area contributed by atoms with Crippen molar-refractivity contribution >= 4 is 73.7 Å². The Labute approximate surface area is 131 Å². The lowest BCUT2D eigenvalue weighted by Gasteiger charge is -2.23. The summed E-state index contributed by atoms with van der Waals surface area (Å²) in [5, 5.41) is 0. The number of halogens is 3. The van der Waals surface area contributed by atoms with Crippen LogP contribution >= 0.6 is 67.8 Å². The van der Waals surface area contributed by atoms with Gasteiger partial charge in [0, 0.05) is 0 Å². The molecule has 0 atom stereocenters. The van der Waals surface area contributed by atoms with E-state index in [2.05, 4.69) is 67.8 Å². The Bertz CT molecular complexity index is 212. The van der Waals surface area contributed by atoms with Gasteiger partial charge in [-0.3, -0.25) is 0 Å². The monoisotopic (exact) mass is 550 g/mol. The molecule has 15 heavy (non-hydrogen) atoms. The highest BCUT2D eigenvalue weighted by molar-refractivity contribution is 14.3. The van der Waals surface area contributed by atoms with Crippen LogP contribution in [0.25, 0.3) is 0 Å². The summed E-state index contributed by atoms with van der Waals surface area (Å²) in [7, 11) is 0. The van der Waals surface area contributed by atoms with E-state index in [1.807, 2.05) is 0 Å². The van der Waals surface area contributed by atoms with E-state index >= 15 is 0 Å². The van der Waals surface area contributed by atoms with Gasteiger partial charge in [0.2, 0.25) is -0.565 Å². The molecule has 1 aliphatic heterocycles. The van der Waals surface area contributed by atoms with E-state index in [4.69, 9.17) is 4.74 Å². The summed E-state index contributed by atoms with van der Waals surface area (Å²) in [4.78, 5) is 13.0. The van der Waals surface area contributed by atoms with Gasteiger partial charge in [0.05, 0.1) is 13.1 Å².